The third kappa shape index (κ3) is 2.34. The van der Waals surface area contributed by atoms with Crippen molar-refractivity contribution in [3.05, 3.63) is 0 Å². The molecule has 0 amide bonds. The summed E-state index contributed by atoms with van der Waals surface area (Å²) in [7, 11) is -9.77. The summed E-state index contributed by atoms with van der Waals surface area (Å²) in [6.07, 6.45) is 0.269. The first kappa shape index (κ1) is 15.0. The van der Waals surface area contributed by atoms with Crippen molar-refractivity contribution in [1.29, 1.82) is 0 Å². The number of thiol groups is 1. The smallest absolute Gasteiger partial charge is 0.324 e. The lowest BCUT2D eigenvalue weighted by Gasteiger charge is -2.30. The van der Waals surface area contributed by atoms with Crippen LogP contribution in [0.2, 0.25) is 0 Å². The lowest BCUT2D eigenvalue weighted by molar-refractivity contribution is 0.304. The Balaban J connectivity index is 2.36. The van der Waals surface area contributed by atoms with E-state index in [0.29, 0.717) is 13.0 Å². The Morgan fingerprint density at radius 3 is 2.17 bits per heavy atom. The normalized spacial score (nSPS) is 36.4. The number of hydrogen-bond acceptors (Lipinski definition) is 4. The van der Waals surface area contributed by atoms with E-state index in [1.54, 1.807) is 0 Å². The van der Waals surface area contributed by atoms with E-state index in [2.05, 4.69) is 17.9 Å². The first-order valence-corrected chi connectivity index (χ1v) is 9.34. The molecule has 0 radical (unpaired) electrons. The van der Waals surface area contributed by atoms with Gasteiger partial charge >= 0.3 is 15.2 Å². The number of piperidine rings is 1. The summed E-state index contributed by atoms with van der Waals surface area (Å²) in [5, 5.41) is 3.12. The Labute approximate surface area is 110 Å². The van der Waals surface area contributed by atoms with Gasteiger partial charge in [-0.2, -0.15) is 12.6 Å². The van der Waals surface area contributed by atoms with E-state index in [0.717, 1.165) is 0 Å². The maximum Gasteiger partial charge on any atom is 0.343 e. The van der Waals surface area contributed by atoms with E-state index < -0.39 is 20.1 Å². The Morgan fingerprint density at radius 2 is 1.67 bits per heavy atom. The maximum atomic E-state index is 11.6. The fourth-order valence-corrected chi connectivity index (χ4v) is 6.56. The monoisotopic (exact) mass is 317 g/mol. The van der Waals surface area contributed by atoms with Gasteiger partial charge in [0.15, 0.2) is 4.90 Å². The van der Waals surface area contributed by atoms with Crippen molar-refractivity contribution in [3.8, 4) is 0 Å². The summed E-state index contributed by atoms with van der Waals surface area (Å²) < 4.78 is 23.2. The molecule has 5 N–H and O–H groups in total. The van der Waals surface area contributed by atoms with Gasteiger partial charge in [-0.05, 0) is 25.2 Å². The highest BCUT2D eigenvalue weighted by molar-refractivity contribution is 7.81. The topological polar surface area (TPSA) is 127 Å². The summed E-state index contributed by atoms with van der Waals surface area (Å²) in [6.45, 7) is 0.586. The van der Waals surface area contributed by atoms with Crippen LogP contribution in [0.5, 0.6) is 0 Å². The van der Waals surface area contributed by atoms with Crippen LogP contribution in [0.4, 0.5) is 0 Å². The highest BCUT2D eigenvalue weighted by Gasteiger charge is 2.66. The van der Waals surface area contributed by atoms with Crippen molar-refractivity contribution < 1.29 is 28.7 Å². The number of fused-ring (bicyclic) bond motifs is 1. The standard InChI is InChI=1S/C8H17NO6P2S/c10-16(11,12)8(17(13,14)15)2-5-1-6(18)4-9-7(5)3-8/h5-7,9,18H,1-4H2,(H2,10,11,12)(H2,13,14,15). The summed E-state index contributed by atoms with van der Waals surface area (Å²) in [5.41, 5.74) is 0. The zero-order valence-electron chi connectivity index (χ0n) is 9.51. The molecule has 2 fully saturated rings. The van der Waals surface area contributed by atoms with Gasteiger partial charge in [0.1, 0.15) is 0 Å². The second-order valence-electron chi connectivity index (χ2n) is 5.14. The van der Waals surface area contributed by atoms with Crippen molar-refractivity contribution in [2.75, 3.05) is 6.54 Å². The Kier molecular flexibility index (Phi) is 3.81. The molecule has 106 valence electrons. The van der Waals surface area contributed by atoms with Crippen LogP contribution in [0, 0.1) is 5.92 Å². The molecule has 1 heterocycles. The molecular weight excluding hydrogens is 300 g/mol. The fraction of sp³-hybridized carbons (Fsp3) is 1.00. The van der Waals surface area contributed by atoms with Gasteiger partial charge in [-0.3, -0.25) is 9.13 Å². The molecule has 1 saturated carbocycles. The highest BCUT2D eigenvalue weighted by atomic mass is 32.1. The molecule has 0 aromatic heterocycles. The summed E-state index contributed by atoms with van der Waals surface area (Å²) in [4.78, 5) is 35.3. The maximum absolute atomic E-state index is 11.6. The molecule has 1 aliphatic heterocycles. The Hall–Kier alpha value is 0.610. The zero-order valence-corrected chi connectivity index (χ0v) is 12.2. The van der Waals surface area contributed by atoms with Crippen LogP contribution >= 0.6 is 27.8 Å². The van der Waals surface area contributed by atoms with Crippen LogP contribution in [0.15, 0.2) is 0 Å². The van der Waals surface area contributed by atoms with Crippen LogP contribution < -0.4 is 5.32 Å². The molecule has 3 unspecified atom stereocenters. The number of hydrogen-bond donors (Lipinski definition) is 6. The van der Waals surface area contributed by atoms with E-state index in [4.69, 9.17) is 0 Å². The Bertz CT molecular complexity index is 411. The van der Waals surface area contributed by atoms with Gasteiger partial charge in [0.05, 0.1) is 0 Å². The number of nitrogens with one attached hydrogen (secondary N) is 1. The molecule has 3 atom stereocenters. The van der Waals surface area contributed by atoms with Crippen molar-refractivity contribution >= 4 is 27.8 Å². The van der Waals surface area contributed by atoms with Gasteiger partial charge in [-0.25, -0.2) is 0 Å². The van der Waals surface area contributed by atoms with E-state index in [1.807, 2.05) is 0 Å². The predicted octanol–water partition coefficient (Wildman–Crippen LogP) is 0.108. The van der Waals surface area contributed by atoms with E-state index in [9.17, 15) is 28.7 Å². The van der Waals surface area contributed by atoms with E-state index in [1.165, 1.54) is 0 Å². The molecule has 2 rings (SSSR count). The SMILES string of the molecule is O=P(O)(O)C1(P(=O)(O)O)CC2CC(S)CNC2C1. The Morgan fingerprint density at radius 1 is 1.11 bits per heavy atom. The molecule has 1 aliphatic carbocycles. The molecule has 18 heavy (non-hydrogen) atoms. The van der Waals surface area contributed by atoms with Gasteiger partial charge in [0.25, 0.3) is 0 Å². The zero-order chi connectivity index (χ0) is 13.8. The minimum Gasteiger partial charge on any atom is -0.324 e. The summed E-state index contributed by atoms with van der Waals surface area (Å²) >= 11 is 4.29. The summed E-state index contributed by atoms with van der Waals surface area (Å²) in [6, 6.07) is -0.256. The van der Waals surface area contributed by atoms with Gasteiger partial charge in [-0.15, -0.1) is 0 Å². The van der Waals surface area contributed by atoms with Gasteiger partial charge in [0, 0.05) is 17.8 Å². The minimum absolute atomic E-state index is 0.0515. The largest absolute Gasteiger partial charge is 0.343 e. The predicted molar refractivity (Wildman–Crippen MR) is 68.7 cm³/mol. The highest BCUT2D eigenvalue weighted by Crippen LogP contribution is 2.76. The summed E-state index contributed by atoms with van der Waals surface area (Å²) in [5.74, 6) is -0.151. The third-order valence-corrected chi connectivity index (χ3v) is 8.84. The molecule has 7 nitrogen and oxygen atoms in total. The van der Waals surface area contributed by atoms with Crippen LogP contribution in [-0.2, 0) is 9.13 Å². The molecule has 0 aromatic carbocycles. The third-order valence-electron chi connectivity index (χ3n) is 3.98. The first-order valence-electron chi connectivity index (χ1n) is 5.59. The molecule has 1 saturated heterocycles. The van der Waals surface area contributed by atoms with Crippen molar-refractivity contribution in [3.63, 3.8) is 0 Å². The minimum atomic E-state index is -4.89. The van der Waals surface area contributed by atoms with Gasteiger partial charge in [0.2, 0.25) is 0 Å². The molecule has 2 aliphatic rings. The molecular formula is C8H17NO6P2S. The second-order valence-corrected chi connectivity index (χ2v) is 10.1. The lowest BCUT2D eigenvalue weighted by Crippen LogP contribution is -2.43. The van der Waals surface area contributed by atoms with Crippen molar-refractivity contribution in [2.45, 2.75) is 35.5 Å². The molecule has 0 spiro atoms. The fourth-order valence-electron chi connectivity index (χ4n) is 3.02. The quantitative estimate of drug-likeness (QED) is 0.315. The van der Waals surface area contributed by atoms with Gasteiger partial charge < -0.3 is 24.9 Å². The first-order chi connectivity index (χ1) is 8.07. The van der Waals surface area contributed by atoms with Crippen LogP contribution in [0.1, 0.15) is 19.3 Å². The molecule has 0 bridgehead atoms. The molecule has 0 aromatic rings. The van der Waals surface area contributed by atoms with Gasteiger partial charge in [-0.1, -0.05) is 0 Å². The molecule has 10 heteroatoms. The average Bonchev–Trinajstić information content (AvgIpc) is 2.55. The second kappa shape index (κ2) is 4.57. The van der Waals surface area contributed by atoms with Crippen LogP contribution in [0.3, 0.4) is 0 Å². The number of rotatable bonds is 2. The average molecular weight is 317 g/mol. The lowest BCUT2D eigenvalue weighted by atomic mass is 9.94. The van der Waals surface area contributed by atoms with Crippen LogP contribution in [-0.4, -0.2) is 42.3 Å². The van der Waals surface area contributed by atoms with E-state index in [-0.39, 0.29) is 30.1 Å². The van der Waals surface area contributed by atoms with Crippen molar-refractivity contribution in [2.24, 2.45) is 5.92 Å². The van der Waals surface area contributed by atoms with E-state index >= 15 is 0 Å². The van der Waals surface area contributed by atoms with Crippen molar-refractivity contribution in [1.82, 2.24) is 5.32 Å². The van der Waals surface area contributed by atoms with Crippen LogP contribution in [0.25, 0.3) is 0 Å².